The predicted molar refractivity (Wildman–Crippen MR) is 79.2 cm³/mol. The van der Waals surface area contributed by atoms with Crippen LogP contribution in [0.4, 0.5) is 0 Å². The van der Waals surface area contributed by atoms with Crippen LogP contribution in [0.3, 0.4) is 0 Å². The fourth-order valence-corrected chi connectivity index (χ4v) is 5.05. The average molecular weight is 317 g/mol. The highest BCUT2D eigenvalue weighted by Gasteiger charge is 2.38. The second kappa shape index (κ2) is 5.12. The number of hydrogen-bond donors (Lipinski definition) is 0. The van der Waals surface area contributed by atoms with Gasteiger partial charge in [0.25, 0.3) is 0 Å². The van der Waals surface area contributed by atoms with Crippen LogP contribution < -0.4 is 0 Å². The van der Waals surface area contributed by atoms with Gasteiger partial charge in [0.05, 0.1) is 6.54 Å². The third-order valence-corrected chi connectivity index (χ3v) is 7.09. The fraction of sp³-hybridized carbons (Fsp3) is 0.923. The van der Waals surface area contributed by atoms with E-state index < -0.39 is 0 Å². The third kappa shape index (κ3) is 2.53. The largest absolute Gasteiger partial charge is 0.351 e. The number of rotatable bonds is 1. The van der Waals surface area contributed by atoms with Gasteiger partial charge in [0.1, 0.15) is 0 Å². The monoisotopic (exact) mass is 316 g/mol. The highest BCUT2D eigenvalue weighted by atomic mass is 79.9. The lowest BCUT2D eigenvalue weighted by atomic mass is 9.77. The molecule has 2 aliphatic heterocycles. The lowest BCUT2D eigenvalue weighted by molar-refractivity contribution is 0.156. The molecule has 0 aromatic heterocycles. The van der Waals surface area contributed by atoms with Gasteiger partial charge in [-0.1, -0.05) is 40.5 Å². The molecule has 0 amide bonds. The van der Waals surface area contributed by atoms with Crippen molar-refractivity contribution in [1.82, 2.24) is 4.90 Å². The first-order valence-corrected chi connectivity index (χ1v) is 8.83. The number of halogens is 1. The highest BCUT2D eigenvalue weighted by molar-refractivity contribution is 9.09. The summed E-state index contributed by atoms with van der Waals surface area (Å²) in [5, 5.41) is 3.07. The Kier molecular flexibility index (Phi) is 3.72. The molecule has 0 aromatic rings. The van der Waals surface area contributed by atoms with Gasteiger partial charge >= 0.3 is 0 Å². The van der Waals surface area contributed by atoms with Crippen molar-refractivity contribution in [2.45, 2.75) is 43.8 Å². The van der Waals surface area contributed by atoms with E-state index in [9.17, 15) is 0 Å². The van der Waals surface area contributed by atoms with Crippen LogP contribution in [0.25, 0.3) is 0 Å². The second-order valence-electron chi connectivity index (χ2n) is 5.71. The van der Waals surface area contributed by atoms with Crippen LogP contribution in [0, 0.1) is 5.41 Å². The minimum Gasteiger partial charge on any atom is -0.351 e. The quantitative estimate of drug-likeness (QED) is 0.688. The SMILES string of the molecule is BrCC1CN=C(N2CCC3(CCCC3)CC2)S1. The Morgan fingerprint density at radius 2 is 1.94 bits per heavy atom. The Balaban J connectivity index is 1.55. The molecule has 0 N–H and O–H groups in total. The lowest BCUT2D eigenvalue weighted by Crippen LogP contribution is -2.41. The molecule has 3 rings (SSSR count). The highest BCUT2D eigenvalue weighted by Crippen LogP contribution is 2.46. The van der Waals surface area contributed by atoms with Crippen LogP contribution in [-0.2, 0) is 0 Å². The van der Waals surface area contributed by atoms with E-state index in [0.29, 0.717) is 5.25 Å². The maximum atomic E-state index is 4.70. The zero-order valence-corrected chi connectivity index (χ0v) is 12.7. The van der Waals surface area contributed by atoms with Gasteiger partial charge in [0.2, 0.25) is 0 Å². The summed E-state index contributed by atoms with van der Waals surface area (Å²) in [6.45, 7) is 3.51. The average Bonchev–Trinajstić information content (AvgIpc) is 3.00. The Hall–Kier alpha value is 0.300. The van der Waals surface area contributed by atoms with Crippen LogP contribution in [0.1, 0.15) is 38.5 Å². The Labute approximate surface area is 117 Å². The first-order chi connectivity index (χ1) is 8.31. The van der Waals surface area contributed by atoms with Gasteiger partial charge in [-0.15, -0.1) is 0 Å². The molecule has 1 aliphatic carbocycles. The normalized spacial score (nSPS) is 32.2. The number of piperidine rings is 1. The molecule has 0 aromatic carbocycles. The zero-order chi connectivity index (χ0) is 11.7. The van der Waals surface area contributed by atoms with Gasteiger partial charge in [-0.05, 0) is 31.1 Å². The van der Waals surface area contributed by atoms with E-state index in [1.807, 2.05) is 11.8 Å². The first-order valence-electron chi connectivity index (χ1n) is 6.83. The Morgan fingerprint density at radius 3 is 2.53 bits per heavy atom. The maximum Gasteiger partial charge on any atom is 0.159 e. The molecular formula is C13H21BrN2S. The predicted octanol–water partition coefficient (Wildman–Crippen LogP) is 3.51. The Morgan fingerprint density at radius 1 is 1.24 bits per heavy atom. The summed E-state index contributed by atoms with van der Waals surface area (Å²) in [5.41, 5.74) is 0.731. The molecule has 1 unspecified atom stereocenters. The Bertz CT molecular complexity index is 303. The molecule has 1 saturated heterocycles. The van der Waals surface area contributed by atoms with Gasteiger partial charge in [0.15, 0.2) is 5.17 Å². The van der Waals surface area contributed by atoms with Crippen molar-refractivity contribution >= 4 is 32.9 Å². The van der Waals surface area contributed by atoms with Crippen molar-refractivity contribution in [1.29, 1.82) is 0 Å². The van der Waals surface area contributed by atoms with E-state index in [0.717, 1.165) is 17.3 Å². The molecule has 4 heteroatoms. The van der Waals surface area contributed by atoms with Crippen molar-refractivity contribution in [2.24, 2.45) is 10.4 Å². The van der Waals surface area contributed by atoms with E-state index in [1.165, 1.54) is 56.8 Å². The summed E-state index contributed by atoms with van der Waals surface area (Å²) in [6, 6.07) is 0. The van der Waals surface area contributed by atoms with Crippen LogP contribution in [0.2, 0.25) is 0 Å². The molecule has 0 radical (unpaired) electrons. The van der Waals surface area contributed by atoms with E-state index in [4.69, 9.17) is 4.99 Å². The minimum absolute atomic E-state index is 0.673. The molecule has 1 saturated carbocycles. The van der Waals surface area contributed by atoms with Crippen molar-refractivity contribution in [2.75, 3.05) is 25.0 Å². The fourth-order valence-electron chi connectivity index (χ4n) is 3.46. The molecule has 3 aliphatic rings. The standard InChI is InChI=1S/C13H21BrN2S/c14-9-11-10-15-12(17-11)16-7-5-13(6-8-16)3-1-2-4-13/h11H,1-10H2. The van der Waals surface area contributed by atoms with Crippen molar-refractivity contribution < 1.29 is 0 Å². The van der Waals surface area contributed by atoms with Gasteiger partial charge < -0.3 is 4.90 Å². The molecule has 1 atom stereocenters. The van der Waals surface area contributed by atoms with Crippen molar-refractivity contribution in [3.8, 4) is 0 Å². The van der Waals surface area contributed by atoms with Gasteiger partial charge in [0, 0.05) is 23.7 Å². The first kappa shape index (κ1) is 12.3. The van der Waals surface area contributed by atoms with Gasteiger partial charge in [-0.3, -0.25) is 4.99 Å². The van der Waals surface area contributed by atoms with E-state index in [-0.39, 0.29) is 0 Å². The minimum atomic E-state index is 0.673. The summed E-state index contributed by atoms with van der Waals surface area (Å²) in [4.78, 5) is 7.24. The molecule has 2 heterocycles. The summed E-state index contributed by atoms with van der Waals surface area (Å²) in [6.07, 6.45) is 8.74. The molecule has 17 heavy (non-hydrogen) atoms. The van der Waals surface area contributed by atoms with E-state index in [1.54, 1.807) is 0 Å². The number of amidine groups is 1. The number of hydrogen-bond acceptors (Lipinski definition) is 3. The molecule has 2 nitrogen and oxygen atoms in total. The van der Waals surface area contributed by atoms with Crippen LogP contribution in [0.15, 0.2) is 4.99 Å². The van der Waals surface area contributed by atoms with Gasteiger partial charge in [-0.2, -0.15) is 0 Å². The molecule has 2 fully saturated rings. The number of thioether (sulfide) groups is 1. The number of alkyl halides is 1. The summed E-state index contributed by atoms with van der Waals surface area (Å²) >= 11 is 5.54. The number of nitrogens with zero attached hydrogens (tertiary/aromatic N) is 2. The smallest absolute Gasteiger partial charge is 0.159 e. The third-order valence-electron chi connectivity index (χ3n) is 4.63. The molecular weight excluding hydrogens is 296 g/mol. The van der Waals surface area contributed by atoms with E-state index in [2.05, 4.69) is 20.8 Å². The number of likely N-dealkylation sites (tertiary alicyclic amines) is 1. The lowest BCUT2D eigenvalue weighted by Gasteiger charge is -2.40. The van der Waals surface area contributed by atoms with E-state index >= 15 is 0 Å². The summed E-state index contributed by atoms with van der Waals surface area (Å²) in [7, 11) is 0. The van der Waals surface area contributed by atoms with Crippen molar-refractivity contribution in [3.63, 3.8) is 0 Å². The van der Waals surface area contributed by atoms with Crippen LogP contribution >= 0.6 is 27.7 Å². The van der Waals surface area contributed by atoms with Crippen molar-refractivity contribution in [3.05, 3.63) is 0 Å². The second-order valence-corrected chi connectivity index (χ2v) is 7.63. The van der Waals surface area contributed by atoms with Gasteiger partial charge in [-0.25, -0.2) is 0 Å². The molecule has 0 bridgehead atoms. The van der Waals surface area contributed by atoms with Crippen LogP contribution in [0.5, 0.6) is 0 Å². The summed E-state index contributed by atoms with van der Waals surface area (Å²) in [5.74, 6) is 0. The topological polar surface area (TPSA) is 15.6 Å². The maximum absolute atomic E-state index is 4.70. The van der Waals surface area contributed by atoms with Crippen LogP contribution in [-0.4, -0.2) is 40.3 Å². The number of aliphatic imine (C=N–C) groups is 1. The zero-order valence-electron chi connectivity index (χ0n) is 10.3. The molecule has 1 spiro atoms. The summed E-state index contributed by atoms with van der Waals surface area (Å²) < 4.78 is 0. The molecule has 96 valence electrons.